The highest BCUT2D eigenvalue weighted by molar-refractivity contribution is 7.93. The molecule has 2 heterocycles. The third-order valence-electron chi connectivity index (χ3n) is 3.30. The summed E-state index contributed by atoms with van der Waals surface area (Å²) in [5.74, 6) is 0. The molecule has 0 fully saturated rings. The van der Waals surface area contributed by atoms with E-state index in [2.05, 4.69) is 9.82 Å². The second-order valence-electron chi connectivity index (χ2n) is 5.50. The van der Waals surface area contributed by atoms with E-state index in [1.165, 1.54) is 12.3 Å². The standard InChI is InChI=1S/C13H17Cl2N3O3S2/c1-13(2,21-3)4-5-18-8-9(7-16-18)17-23(19,20)10-6-11(14)22-12(10)15/h6-8,17H,4-5H2,1-3H3. The van der Waals surface area contributed by atoms with Gasteiger partial charge >= 0.3 is 0 Å². The summed E-state index contributed by atoms with van der Waals surface area (Å²) < 4.78 is 34.5. The third-order valence-corrected chi connectivity index (χ3v) is 6.43. The topological polar surface area (TPSA) is 73.2 Å². The Kier molecular flexibility index (Phi) is 5.63. The van der Waals surface area contributed by atoms with E-state index in [0.717, 1.165) is 17.8 Å². The normalized spacial score (nSPS) is 12.6. The first-order valence-corrected chi connectivity index (χ1v) is 9.74. The minimum Gasteiger partial charge on any atom is -0.379 e. The van der Waals surface area contributed by atoms with Crippen LogP contribution in [0.5, 0.6) is 0 Å². The Hall–Kier alpha value is -0.800. The van der Waals surface area contributed by atoms with Gasteiger partial charge in [-0.05, 0) is 26.3 Å². The number of aryl methyl sites for hydroxylation is 1. The molecule has 10 heteroatoms. The molecule has 0 radical (unpaired) electrons. The van der Waals surface area contributed by atoms with Gasteiger partial charge < -0.3 is 4.74 Å². The van der Waals surface area contributed by atoms with Crippen molar-refractivity contribution >= 4 is 50.2 Å². The van der Waals surface area contributed by atoms with Crippen LogP contribution in [0, 0.1) is 0 Å². The van der Waals surface area contributed by atoms with Gasteiger partial charge in [0.2, 0.25) is 0 Å². The highest BCUT2D eigenvalue weighted by atomic mass is 35.5. The third kappa shape index (κ3) is 4.84. The van der Waals surface area contributed by atoms with Gasteiger partial charge in [-0.25, -0.2) is 8.42 Å². The van der Waals surface area contributed by atoms with Crippen molar-refractivity contribution in [2.45, 2.75) is 37.3 Å². The lowest BCUT2D eigenvalue weighted by molar-refractivity contribution is 0.0113. The van der Waals surface area contributed by atoms with Gasteiger partial charge in [0, 0.05) is 19.9 Å². The van der Waals surface area contributed by atoms with Gasteiger partial charge in [0.15, 0.2) is 0 Å². The summed E-state index contributed by atoms with van der Waals surface area (Å²) in [6, 6.07) is 1.32. The lowest BCUT2D eigenvalue weighted by Gasteiger charge is -2.22. The number of ether oxygens (including phenoxy) is 1. The van der Waals surface area contributed by atoms with Crippen LogP contribution in [0.3, 0.4) is 0 Å². The van der Waals surface area contributed by atoms with E-state index < -0.39 is 10.0 Å². The van der Waals surface area contributed by atoms with Crippen molar-refractivity contribution in [1.82, 2.24) is 9.78 Å². The molecular formula is C13H17Cl2N3O3S2. The van der Waals surface area contributed by atoms with Crippen LogP contribution in [0.4, 0.5) is 5.69 Å². The minimum atomic E-state index is -3.79. The number of aromatic nitrogens is 2. The largest absolute Gasteiger partial charge is 0.379 e. The van der Waals surface area contributed by atoms with Crippen molar-refractivity contribution in [3.05, 3.63) is 27.1 Å². The molecule has 128 valence electrons. The number of sulfonamides is 1. The molecule has 2 aromatic heterocycles. The van der Waals surface area contributed by atoms with Gasteiger partial charge in [0.1, 0.15) is 9.23 Å². The lowest BCUT2D eigenvalue weighted by Crippen LogP contribution is -2.24. The zero-order chi connectivity index (χ0) is 17.3. The first-order chi connectivity index (χ1) is 10.6. The van der Waals surface area contributed by atoms with E-state index in [9.17, 15) is 8.42 Å². The number of nitrogens with one attached hydrogen (secondary N) is 1. The number of hydrogen-bond acceptors (Lipinski definition) is 5. The Morgan fingerprint density at radius 3 is 2.70 bits per heavy atom. The fourth-order valence-corrected chi connectivity index (χ4v) is 4.92. The summed E-state index contributed by atoms with van der Waals surface area (Å²) in [5.41, 5.74) is 0.0886. The van der Waals surface area contributed by atoms with Gasteiger partial charge in [-0.2, -0.15) is 5.10 Å². The van der Waals surface area contributed by atoms with Crippen LogP contribution in [0.15, 0.2) is 23.4 Å². The molecule has 2 aromatic rings. The summed E-state index contributed by atoms with van der Waals surface area (Å²) in [7, 11) is -2.14. The maximum atomic E-state index is 12.3. The molecule has 0 atom stereocenters. The fraction of sp³-hybridized carbons (Fsp3) is 0.462. The van der Waals surface area contributed by atoms with Crippen LogP contribution in [-0.2, 0) is 21.3 Å². The van der Waals surface area contributed by atoms with E-state index in [1.807, 2.05) is 13.8 Å². The number of anilines is 1. The lowest BCUT2D eigenvalue weighted by atomic mass is 10.1. The molecule has 6 nitrogen and oxygen atoms in total. The van der Waals surface area contributed by atoms with Crippen molar-refractivity contribution in [2.75, 3.05) is 11.8 Å². The quantitative estimate of drug-likeness (QED) is 0.769. The van der Waals surface area contributed by atoms with Crippen LogP contribution in [0.2, 0.25) is 8.67 Å². The monoisotopic (exact) mass is 397 g/mol. The van der Waals surface area contributed by atoms with Crippen molar-refractivity contribution in [2.24, 2.45) is 0 Å². The number of halogens is 2. The molecule has 0 aliphatic heterocycles. The molecule has 23 heavy (non-hydrogen) atoms. The van der Waals surface area contributed by atoms with Crippen molar-refractivity contribution < 1.29 is 13.2 Å². The zero-order valence-corrected chi connectivity index (χ0v) is 16.0. The predicted molar refractivity (Wildman–Crippen MR) is 93.1 cm³/mol. The Morgan fingerprint density at radius 1 is 1.43 bits per heavy atom. The average Bonchev–Trinajstić information content (AvgIpc) is 3.03. The molecule has 2 rings (SSSR count). The van der Waals surface area contributed by atoms with E-state index in [1.54, 1.807) is 18.0 Å². The Balaban J connectivity index is 2.08. The average molecular weight is 398 g/mol. The van der Waals surface area contributed by atoms with E-state index >= 15 is 0 Å². The number of rotatable bonds is 7. The molecule has 0 aliphatic rings. The van der Waals surface area contributed by atoms with Gasteiger partial charge in [-0.15, -0.1) is 11.3 Å². The summed E-state index contributed by atoms with van der Waals surface area (Å²) in [5, 5.41) is 4.14. The smallest absolute Gasteiger partial charge is 0.264 e. The summed E-state index contributed by atoms with van der Waals surface area (Å²) >= 11 is 12.7. The van der Waals surface area contributed by atoms with Crippen molar-refractivity contribution in [1.29, 1.82) is 0 Å². The summed E-state index contributed by atoms with van der Waals surface area (Å²) in [6.07, 6.45) is 3.80. The Labute approximate surface area is 149 Å². The molecule has 0 aromatic carbocycles. The van der Waals surface area contributed by atoms with Crippen LogP contribution in [0.1, 0.15) is 20.3 Å². The maximum absolute atomic E-state index is 12.3. The number of methoxy groups -OCH3 is 1. The van der Waals surface area contributed by atoms with Crippen molar-refractivity contribution in [3.63, 3.8) is 0 Å². The molecule has 0 amide bonds. The number of nitrogens with zero attached hydrogens (tertiary/aromatic N) is 2. The second kappa shape index (κ2) is 6.98. The van der Waals surface area contributed by atoms with Gasteiger partial charge in [-0.1, -0.05) is 23.2 Å². The van der Waals surface area contributed by atoms with Gasteiger partial charge in [-0.3, -0.25) is 9.40 Å². The van der Waals surface area contributed by atoms with Gasteiger partial charge in [0.25, 0.3) is 10.0 Å². The van der Waals surface area contributed by atoms with Crippen LogP contribution in [-0.4, -0.2) is 30.9 Å². The fourth-order valence-electron chi connectivity index (χ4n) is 1.74. The zero-order valence-electron chi connectivity index (χ0n) is 12.8. The second-order valence-corrected chi connectivity index (χ2v) is 9.44. The molecule has 0 unspecified atom stereocenters. The highest BCUT2D eigenvalue weighted by Crippen LogP contribution is 2.35. The predicted octanol–water partition coefficient (Wildman–Crippen LogP) is 3.87. The van der Waals surface area contributed by atoms with E-state index in [0.29, 0.717) is 16.6 Å². The van der Waals surface area contributed by atoms with Crippen LogP contribution >= 0.6 is 34.5 Å². The van der Waals surface area contributed by atoms with E-state index in [4.69, 9.17) is 27.9 Å². The van der Waals surface area contributed by atoms with Crippen LogP contribution in [0.25, 0.3) is 0 Å². The highest BCUT2D eigenvalue weighted by Gasteiger charge is 2.22. The Morgan fingerprint density at radius 2 is 2.13 bits per heavy atom. The first-order valence-electron chi connectivity index (χ1n) is 6.68. The van der Waals surface area contributed by atoms with Crippen molar-refractivity contribution in [3.8, 4) is 0 Å². The molecule has 1 N–H and O–H groups in total. The number of hydrogen-bond donors (Lipinski definition) is 1. The molecule has 0 saturated heterocycles. The summed E-state index contributed by atoms with van der Waals surface area (Å²) in [6.45, 7) is 4.55. The van der Waals surface area contributed by atoms with E-state index in [-0.39, 0.29) is 14.8 Å². The molecule has 0 aliphatic carbocycles. The summed E-state index contributed by atoms with van der Waals surface area (Å²) in [4.78, 5) is -0.0394. The Bertz CT molecular complexity index is 784. The molecule has 0 saturated carbocycles. The maximum Gasteiger partial charge on any atom is 0.264 e. The van der Waals surface area contributed by atoms with Gasteiger partial charge in [0.05, 0.1) is 21.8 Å². The molecular weight excluding hydrogens is 381 g/mol. The SMILES string of the molecule is COC(C)(C)CCn1cc(NS(=O)(=O)c2cc(Cl)sc2Cl)cn1. The number of thiophene rings is 1. The minimum absolute atomic E-state index is 0.0394. The molecule has 0 spiro atoms. The molecule has 0 bridgehead atoms. The van der Waals surface area contributed by atoms with Crippen LogP contribution < -0.4 is 4.72 Å². The first kappa shape index (κ1) is 18.5.